The number of rotatable bonds is 4. The highest BCUT2D eigenvalue weighted by molar-refractivity contribution is 6.34. The minimum atomic E-state index is -4.50. The molecule has 21 heavy (non-hydrogen) atoms. The van der Waals surface area contributed by atoms with E-state index in [1.54, 1.807) is 5.32 Å². The van der Waals surface area contributed by atoms with Crippen molar-refractivity contribution in [1.29, 1.82) is 0 Å². The van der Waals surface area contributed by atoms with Crippen molar-refractivity contribution in [2.75, 3.05) is 25.9 Å². The van der Waals surface area contributed by atoms with E-state index < -0.39 is 31.1 Å². The van der Waals surface area contributed by atoms with Gasteiger partial charge in [-0.1, -0.05) is 11.6 Å². The minimum Gasteiger partial charge on any atom is -0.399 e. The SMILES string of the molecule is CN(CC(=O)NCC(F)(F)F)C(=O)c1ccc(N)cc1Cl. The van der Waals surface area contributed by atoms with E-state index in [-0.39, 0.29) is 10.6 Å². The number of nitrogens with one attached hydrogen (secondary N) is 1. The van der Waals surface area contributed by atoms with Gasteiger partial charge in [-0.2, -0.15) is 13.2 Å². The van der Waals surface area contributed by atoms with E-state index in [2.05, 4.69) is 0 Å². The standard InChI is InChI=1S/C12H13ClF3N3O2/c1-19(5-10(20)18-6-12(14,15)16)11(21)8-3-2-7(17)4-9(8)13/h2-4H,5-6,17H2,1H3,(H,18,20). The Bertz CT molecular complexity index is 549. The summed E-state index contributed by atoms with van der Waals surface area (Å²) < 4.78 is 35.8. The van der Waals surface area contributed by atoms with Gasteiger partial charge >= 0.3 is 6.18 Å². The zero-order valence-electron chi connectivity index (χ0n) is 11.0. The molecule has 0 bridgehead atoms. The predicted molar refractivity (Wildman–Crippen MR) is 71.9 cm³/mol. The van der Waals surface area contributed by atoms with Crippen molar-refractivity contribution >= 4 is 29.1 Å². The summed E-state index contributed by atoms with van der Waals surface area (Å²) in [5, 5.41) is 1.77. The van der Waals surface area contributed by atoms with Gasteiger partial charge in [0.25, 0.3) is 5.91 Å². The number of carbonyl (C=O) groups is 2. The lowest BCUT2D eigenvalue weighted by molar-refractivity contribution is -0.138. The van der Waals surface area contributed by atoms with Gasteiger partial charge in [0.15, 0.2) is 0 Å². The number of nitrogens with two attached hydrogens (primary N) is 1. The van der Waals surface area contributed by atoms with E-state index in [4.69, 9.17) is 17.3 Å². The number of nitrogen functional groups attached to an aromatic ring is 1. The van der Waals surface area contributed by atoms with Crippen LogP contribution in [0.4, 0.5) is 18.9 Å². The van der Waals surface area contributed by atoms with Crippen LogP contribution in [-0.2, 0) is 4.79 Å². The van der Waals surface area contributed by atoms with Gasteiger partial charge in [0.2, 0.25) is 5.91 Å². The third-order valence-electron chi connectivity index (χ3n) is 2.44. The van der Waals surface area contributed by atoms with Gasteiger partial charge in [-0.3, -0.25) is 9.59 Å². The van der Waals surface area contributed by atoms with E-state index >= 15 is 0 Å². The fourth-order valence-corrected chi connectivity index (χ4v) is 1.72. The Morgan fingerprint density at radius 3 is 2.52 bits per heavy atom. The van der Waals surface area contributed by atoms with Gasteiger partial charge in [0, 0.05) is 12.7 Å². The van der Waals surface area contributed by atoms with Gasteiger partial charge in [-0.05, 0) is 18.2 Å². The molecule has 0 aromatic heterocycles. The number of benzene rings is 1. The predicted octanol–water partition coefficient (Wildman–Crippen LogP) is 1.67. The third-order valence-corrected chi connectivity index (χ3v) is 2.75. The smallest absolute Gasteiger partial charge is 0.399 e. The van der Waals surface area contributed by atoms with Crippen molar-refractivity contribution in [2.24, 2.45) is 0 Å². The molecule has 0 heterocycles. The monoisotopic (exact) mass is 323 g/mol. The molecule has 1 rings (SSSR count). The molecule has 0 aliphatic heterocycles. The van der Waals surface area contributed by atoms with Crippen LogP contribution < -0.4 is 11.1 Å². The molecule has 0 radical (unpaired) electrons. The summed E-state index contributed by atoms with van der Waals surface area (Å²) >= 11 is 5.85. The molecule has 0 aliphatic carbocycles. The van der Waals surface area contributed by atoms with Crippen LogP contribution in [0.3, 0.4) is 0 Å². The Morgan fingerprint density at radius 2 is 2.00 bits per heavy atom. The highest BCUT2D eigenvalue weighted by Gasteiger charge is 2.28. The fraction of sp³-hybridized carbons (Fsp3) is 0.333. The van der Waals surface area contributed by atoms with Crippen molar-refractivity contribution in [3.05, 3.63) is 28.8 Å². The van der Waals surface area contributed by atoms with E-state index in [1.165, 1.54) is 25.2 Å². The molecule has 0 atom stereocenters. The van der Waals surface area contributed by atoms with Crippen LogP contribution in [0.15, 0.2) is 18.2 Å². The summed E-state index contributed by atoms with van der Waals surface area (Å²) in [4.78, 5) is 24.3. The molecule has 0 aliphatic rings. The Hall–Kier alpha value is -1.96. The number of halogens is 4. The van der Waals surface area contributed by atoms with Crippen LogP contribution in [0.1, 0.15) is 10.4 Å². The molecule has 116 valence electrons. The molecule has 0 saturated carbocycles. The van der Waals surface area contributed by atoms with Crippen LogP contribution >= 0.6 is 11.6 Å². The van der Waals surface area contributed by atoms with Gasteiger partial charge < -0.3 is 16.0 Å². The number of hydrogen-bond acceptors (Lipinski definition) is 3. The summed E-state index contributed by atoms with van der Waals surface area (Å²) in [5.74, 6) is -1.52. The maximum absolute atomic E-state index is 12.0. The lowest BCUT2D eigenvalue weighted by Crippen LogP contribution is -2.41. The van der Waals surface area contributed by atoms with E-state index in [1.807, 2.05) is 0 Å². The molecule has 2 amide bonds. The Morgan fingerprint density at radius 1 is 1.38 bits per heavy atom. The quantitative estimate of drug-likeness (QED) is 0.828. The van der Waals surface area contributed by atoms with Gasteiger partial charge in [0.1, 0.15) is 6.54 Å². The molecule has 1 aromatic carbocycles. The molecule has 5 nitrogen and oxygen atoms in total. The average molecular weight is 324 g/mol. The summed E-state index contributed by atoms with van der Waals surface area (Å²) in [6.45, 7) is -1.97. The molecule has 3 N–H and O–H groups in total. The van der Waals surface area contributed by atoms with Gasteiger partial charge in [-0.25, -0.2) is 0 Å². The first-order valence-corrected chi connectivity index (χ1v) is 6.12. The highest BCUT2D eigenvalue weighted by Crippen LogP contribution is 2.20. The molecular formula is C12H13ClF3N3O2. The summed E-state index contributed by atoms with van der Waals surface area (Å²) in [6, 6.07) is 4.20. The maximum atomic E-state index is 12.0. The second-order valence-corrected chi connectivity index (χ2v) is 4.70. The average Bonchev–Trinajstić information content (AvgIpc) is 2.34. The fourth-order valence-electron chi connectivity index (χ4n) is 1.45. The zero-order chi connectivity index (χ0) is 16.2. The van der Waals surface area contributed by atoms with Crippen molar-refractivity contribution in [2.45, 2.75) is 6.18 Å². The molecule has 0 unspecified atom stereocenters. The van der Waals surface area contributed by atoms with Crippen LogP contribution in [0.25, 0.3) is 0 Å². The number of nitrogens with zero attached hydrogens (tertiary/aromatic N) is 1. The zero-order valence-corrected chi connectivity index (χ0v) is 11.8. The molecular weight excluding hydrogens is 311 g/mol. The number of alkyl halides is 3. The van der Waals surface area contributed by atoms with Crippen molar-refractivity contribution < 1.29 is 22.8 Å². The molecule has 0 fully saturated rings. The lowest BCUT2D eigenvalue weighted by Gasteiger charge is -2.18. The van der Waals surface area contributed by atoms with Crippen molar-refractivity contribution in [3.63, 3.8) is 0 Å². The Balaban J connectivity index is 2.64. The van der Waals surface area contributed by atoms with Crippen LogP contribution in [0, 0.1) is 0 Å². The molecule has 0 spiro atoms. The van der Waals surface area contributed by atoms with E-state index in [9.17, 15) is 22.8 Å². The molecule has 1 aromatic rings. The van der Waals surface area contributed by atoms with Crippen molar-refractivity contribution in [3.8, 4) is 0 Å². The van der Waals surface area contributed by atoms with Gasteiger partial charge in [-0.15, -0.1) is 0 Å². The topological polar surface area (TPSA) is 75.4 Å². The first-order chi connectivity index (χ1) is 9.60. The summed E-state index contributed by atoms with van der Waals surface area (Å²) in [5.41, 5.74) is 5.96. The number of carbonyl (C=O) groups excluding carboxylic acids is 2. The molecule has 9 heteroatoms. The van der Waals surface area contributed by atoms with Gasteiger partial charge in [0.05, 0.1) is 17.1 Å². The normalized spacial score (nSPS) is 11.1. The van der Waals surface area contributed by atoms with Crippen LogP contribution in [0.2, 0.25) is 5.02 Å². The first kappa shape index (κ1) is 17.1. The third kappa shape index (κ3) is 5.50. The first-order valence-electron chi connectivity index (χ1n) is 5.74. The van der Waals surface area contributed by atoms with Crippen LogP contribution in [-0.4, -0.2) is 43.0 Å². The Kier molecular flexibility index (Phi) is 5.42. The lowest BCUT2D eigenvalue weighted by atomic mass is 10.2. The number of amides is 2. The van der Waals surface area contributed by atoms with E-state index in [0.717, 1.165) is 4.90 Å². The molecule has 0 saturated heterocycles. The number of likely N-dealkylation sites (N-methyl/N-ethyl adjacent to an activating group) is 1. The summed E-state index contributed by atoms with van der Waals surface area (Å²) in [6.07, 6.45) is -4.50. The summed E-state index contributed by atoms with van der Waals surface area (Å²) in [7, 11) is 1.28. The van der Waals surface area contributed by atoms with E-state index in [0.29, 0.717) is 5.69 Å². The minimum absolute atomic E-state index is 0.0996. The largest absolute Gasteiger partial charge is 0.405 e. The van der Waals surface area contributed by atoms with Crippen LogP contribution in [0.5, 0.6) is 0 Å². The number of hydrogen-bond donors (Lipinski definition) is 2. The second-order valence-electron chi connectivity index (χ2n) is 4.29. The van der Waals surface area contributed by atoms with Crippen molar-refractivity contribution in [1.82, 2.24) is 10.2 Å². The second kappa shape index (κ2) is 6.66. The maximum Gasteiger partial charge on any atom is 0.405 e. The Labute approximate surface area is 123 Å². The number of anilines is 1. The highest BCUT2D eigenvalue weighted by atomic mass is 35.5.